The summed E-state index contributed by atoms with van der Waals surface area (Å²) in [5.74, 6) is 0. The highest BCUT2D eigenvalue weighted by Crippen LogP contribution is 2.23. The van der Waals surface area contributed by atoms with E-state index in [0.29, 0.717) is 11.0 Å². The normalized spacial score (nSPS) is 11.1. The zero-order chi connectivity index (χ0) is 17.2. The minimum absolute atomic E-state index is 0.520. The lowest BCUT2D eigenvalue weighted by atomic mass is 10.1. The van der Waals surface area contributed by atoms with Crippen molar-refractivity contribution in [1.29, 1.82) is 0 Å². The topological polar surface area (TPSA) is 51.0 Å². The Morgan fingerprint density at radius 1 is 1.12 bits per heavy atom. The third-order valence-corrected chi connectivity index (χ3v) is 4.92. The van der Waals surface area contributed by atoms with Gasteiger partial charge in [0.15, 0.2) is 5.58 Å². The van der Waals surface area contributed by atoms with E-state index in [1.165, 1.54) is 5.56 Å². The van der Waals surface area contributed by atoms with Gasteiger partial charge in [0.1, 0.15) is 5.52 Å². The molecule has 0 atom stereocenters. The van der Waals surface area contributed by atoms with Crippen molar-refractivity contribution in [2.75, 3.05) is 11.9 Å². The Hall–Kier alpha value is -2.37. The van der Waals surface area contributed by atoms with E-state index >= 15 is 0 Å². The molecule has 0 spiro atoms. The van der Waals surface area contributed by atoms with E-state index in [0.717, 1.165) is 40.3 Å². The molecule has 2 aromatic heterocycles. The summed E-state index contributed by atoms with van der Waals surface area (Å²) in [5, 5.41) is 7.05. The first-order chi connectivity index (χ1) is 12.2. The predicted molar refractivity (Wildman–Crippen MR) is 103 cm³/mol. The molecule has 2 heterocycles. The van der Waals surface area contributed by atoms with Crippen LogP contribution in [-0.2, 0) is 6.42 Å². The SMILES string of the molecule is Cc1nc(-c2ccc(CCNc3nc4cc(Cl)ccc4o3)cc2)cs1. The van der Waals surface area contributed by atoms with E-state index < -0.39 is 0 Å². The first-order valence-corrected chi connectivity index (χ1v) is 9.24. The molecule has 0 bridgehead atoms. The third kappa shape index (κ3) is 3.67. The highest BCUT2D eigenvalue weighted by atomic mass is 35.5. The fourth-order valence-electron chi connectivity index (χ4n) is 2.63. The van der Waals surface area contributed by atoms with Gasteiger partial charge >= 0.3 is 0 Å². The highest BCUT2D eigenvalue weighted by Gasteiger charge is 2.06. The van der Waals surface area contributed by atoms with Gasteiger partial charge in [-0.15, -0.1) is 11.3 Å². The Labute approximate surface area is 154 Å². The second kappa shape index (κ2) is 6.86. The van der Waals surface area contributed by atoms with Gasteiger partial charge in [-0.3, -0.25) is 0 Å². The number of benzene rings is 2. The number of halogens is 1. The summed E-state index contributed by atoms with van der Waals surface area (Å²) in [7, 11) is 0. The van der Waals surface area contributed by atoms with Gasteiger partial charge in [0.2, 0.25) is 0 Å². The van der Waals surface area contributed by atoms with Crippen LogP contribution in [0.3, 0.4) is 0 Å². The lowest BCUT2D eigenvalue weighted by Gasteiger charge is -2.03. The second-order valence-electron chi connectivity index (χ2n) is 5.76. The van der Waals surface area contributed by atoms with Crippen LogP contribution in [0.25, 0.3) is 22.4 Å². The average Bonchev–Trinajstić information content (AvgIpc) is 3.21. The zero-order valence-corrected chi connectivity index (χ0v) is 15.2. The number of hydrogen-bond donors (Lipinski definition) is 1. The molecule has 25 heavy (non-hydrogen) atoms. The van der Waals surface area contributed by atoms with Crippen LogP contribution in [0.5, 0.6) is 0 Å². The average molecular weight is 370 g/mol. The van der Waals surface area contributed by atoms with Crippen molar-refractivity contribution in [2.45, 2.75) is 13.3 Å². The van der Waals surface area contributed by atoms with Crippen LogP contribution in [0.15, 0.2) is 52.3 Å². The highest BCUT2D eigenvalue weighted by molar-refractivity contribution is 7.09. The number of aromatic nitrogens is 2. The fraction of sp³-hybridized carbons (Fsp3) is 0.158. The summed E-state index contributed by atoms with van der Waals surface area (Å²) in [5.41, 5.74) is 4.93. The molecule has 4 rings (SSSR count). The summed E-state index contributed by atoms with van der Waals surface area (Å²) in [6.07, 6.45) is 0.885. The molecule has 0 aliphatic rings. The maximum atomic E-state index is 5.96. The van der Waals surface area contributed by atoms with Crippen molar-refractivity contribution in [3.05, 3.63) is 63.4 Å². The fourth-order valence-corrected chi connectivity index (χ4v) is 3.42. The van der Waals surface area contributed by atoms with E-state index in [4.69, 9.17) is 16.0 Å². The number of aryl methyl sites for hydroxylation is 1. The molecule has 0 amide bonds. The van der Waals surface area contributed by atoms with E-state index in [-0.39, 0.29) is 0 Å². The van der Waals surface area contributed by atoms with Crippen LogP contribution in [-0.4, -0.2) is 16.5 Å². The van der Waals surface area contributed by atoms with E-state index in [1.807, 2.05) is 13.0 Å². The number of anilines is 1. The molecule has 0 unspecified atom stereocenters. The van der Waals surface area contributed by atoms with Crippen LogP contribution >= 0.6 is 22.9 Å². The van der Waals surface area contributed by atoms with Gasteiger partial charge in [-0.25, -0.2) is 4.98 Å². The molecule has 0 aliphatic heterocycles. The van der Waals surface area contributed by atoms with Crippen LogP contribution < -0.4 is 5.32 Å². The molecular weight excluding hydrogens is 354 g/mol. The number of nitrogens with zero attached hydrogens (tertiary/aromatic N) is 2. The van der Waals surface area contributed by atoms with Crippen LogP contribution in [0, 0.1) is 6.92 Å². The number of fused-ring (bicyclic) bond motifs is 1. The zero-order valence-electron chi connectivity index (χ0n) is 13.6. The van der Waals surface area contributed by atoms with E-state index in [2.05, 4.69) is 44.9 Å². The minimum atomic E-state index is 0.520. The summed E-state index contributed by atoms with van der Waals surface area (Å²) in [6, 6.07) is 14.4. The summed E-state index contributed by atoms with van der Waals surface area (Å²) >= 11 is 7.64. The summed E-state index contributed by atoms with van der Waals surface area (Å²) < 4.78 is 5.65. The number of thiazole rings is 1. The maximum absolute atomic E-state index is 5.96. The number of hydrogen-bond acceptors (Lipinski definition) is 5. The number of rotatable bonds is 5. The molecule has 0 radical (unpaired) electrons. The molecule has 1 N–H and O–H groups in total. The molecular formula is C19H16ClN3OS. The quantitative estimate of drug-likeness (QED) is 0.499. The van der Waals surface area contributed by atoms with Crippen molar-refractivity contribution in [2.24, 2.45) is 0 Å². The Balaban J connectivity index is 1.37. The largest absolute Gasteiger partial charge is 0.424 e. The van der Waals surface area contributed by atoms with Gasteiger partial charge in [0.05, 0.1) is 10.7 Å². The summed E-state index contributed by atoms with van der Waals surface area (Å²) in [6.45, 7) is 2.77. The van der Waals surface area contributed by atoms with E-state index in [9.17, 15) is 0 Å². The molecule has 0 aliphatic carbocycles. The lowest BCUT2D eigenvalue weighted by molar-refractivity contribution is 0.614. The van der Waals surface area contributed by atoms with Crippen LogP contribution in [0.2, 0.25) is 5.02 Å². The first-order valence-electron chi connectivity index (χ1n) is 7.99. The predicted octanol–water partition coefficient (Wildman–Crippen LogP) is 5.57. The van der Waals surface area contributed by atoms with Gasteiger partial charge < -0.3 is 9.73 Å². The van der Waals surface area contributed by atoms with Crippen molar-refractivity contribution in [1.82, 2.24) is 9.97 Å². The number of oxazole rings is 1. The van der Waals surface area contributed by atoms with E-state index in [1.54, 1.807) is 23.5 Å². The smallest absolute Gasteiger partial charge is 0.295 e. The van der Waals surface area contributed by atoms with Crippen LogP contribution in [0.1, 0.15) is 10.6 Å². The minimum Gasteiger partial charge on any atom is -0.424 e. The monoisotopic (exact) mass is 369 g/mol. The van der Waals surface area contributed by atoms with Crippen molar-refractivity contribution in [3.63, 3.8) is 0 Å². The van der Waals surface area contributed by atoms with Crippen molar-refractivity contribution in [3.8, 4) is 11.3 Å². The Kier molecular flexibility index (Phi) is 4.42. The Bertz CT molecular complexity index is 1010. The molecule has 4 aromatic rings. The van der Waals surface area contributed by atoms with Gasteiger partial charge in [0, 0.05) is 22.5 Å². The molecule has 0 saturated heterocycles. The molecule has 0 saturated carbocycles. The number of nitrogens with one attached hydrogen (secondary N) is 1. The third-order valence-electron chi connectivity index (χ3n) is 3.91. The lowest BCUT2D eigenvalue weighted by Crippen LogP contribution is -2.04. The van der Waals surface area contributed by atoms with Gasteiger partial charge in [-0.05, 0) is 37.1 Å². The maximum Gasteiger partial charge on any atom is 0.295 e. The van der Waals surface area contributed by atoms with Crippen LogP contribution in [0.4, 0.5) is 6.01 Å². The second-order valence-corrected chi connectivity index (χ2v) is 7.26. The van der Waals surface area contributed by atoms with Gasteiger partial charge in [-0.1, -0.05) is 35.9 Å². The van der Waals surface area contributed by atoms with Gasteiger partial charge in [0.25, 0.3) is 6.01 Å². The molecule has 4 nitrogen and oxygen atoms in total. The van der Waals surface area contributed by atoms with Gasteiger partial charge in [-0.2, -0.15) is 4.98 Å². The van der Waals surface area contributed by atoms with Crippen molar-refractivity contribution < 1.29 is 4.42 Å². The van der Waals surface area contributed by atoms with Crippen molar-refractivity contribution >= 4 is 40.1 Å². The molecule has 0 fully saturated rings. The standard InChI is InChI=1S/C19H16ClN3OS/c1-12-22-17(11-25-12)14-4-2-13(3-5-14)8-9-21-19-23-16-10-15(20)6-7-18(16)24-19/h2-7,10-11H,8-9H2,1H3,(H,21,23). The molecule has 6 heteroatoms. The Morgan fingerprint density at radius 3 is 2.72 bits per heavy atom. The molecule has 2 aromatic carbocycles. The Morgan fingerprint density at radius 2 is 1.96 bits per heavy atom. The first kappa shape index (κ1) is 16.1. The summed E-state index contributed by atoms with van der Waals surface area (Å²) in [4.78, 5) is 8.91. The molecule has 126 valence electrons.